The first-order chi connectivity index (χ1) is 8.65. The highest BCUT2D eigenvalue weighted by molar-refractivity contribution is 6.31. The third-order valence-corrected chi connectivity index (χ3v) is 4.63. The largest absolute Gasteiger partial charge is 0.317 e. The van der Waals surface area contributed by atoms with Gasteiger partial charge in [0.1, 0.15) is 0 Å². The SMILES string of the molecule is CCc1nn(C)c(CC(CC2CCC2)NC)c1Cl. The van der Waals surface area contributed by atoms with Gasteiger partial charge in [-0.2, -0.15) is 5.10 Å². The van der Waals surface area contributed by atoms with Gasteiger partial charge in [0.05, 0.1) is 16.4 Å². The summed E-state index contributed by atoms with van der Waals surface area (Å²) in [6.45, 7) is 2.10. The summed E-state index contributed by atoms with van der Waals surface area (Å²) < 4.78 is 1.95. The van der Waals surface area contributed by atoms with Crippen molar-refractivity contribution < 1.29 is 0 Å². The highest BCUT2D eigenvalue weighted by Crippen LogP contribution is 2.31. The Morgan fingerprint density at radius 1 is 1.50 bits per heavy atom. The summed E-state index contributed by atoms with van der Waals surface area (Å²) >= 11 is 6.40. The first kappa shape index (κ1) is 13.9. The molecule has 0 aliphatic heterocycles. The Bertz CT molecular complexity index is 396. The molecular formula is C14H24ClN3. The van der Waals surface area contributed by atoms with Crippen LogP contribution in [-0.2, 0) is 19.9 Å². The maximum absolute atomic E-state index is 6.40. The van der Waals surface area contributed by atoms with E-state index < -0.39 is 0 Å². The van der Waals surface area contributed by atoms with E-state index in [9.17, 15) is 0 Å². The van der Waals surface area contributed by atoms with Gasteiger partial charge in [0.15, 0.2) is 0 Å². The van der Waals surface area contributed by atoms with Crippen LogP contribution in [-0.4, -0.2) is 22.9 Å². The van der Waals surface area contributed by atoms with Crippen LogP contribution in [0.1, 0.15) is 44.0 Å². The van der Waals surface area contributed by atoms with Crippen molar-refractivity contribution in [2.24, 2.45) is 13.0 Å². The molecule has 1 aromatic rings. The molecule has 1 aromatic heterocycles. The fraction of sp³-hybridized carbons (Fsp3) is 0.786. The first-order valence-electron chi connectivity index (χ1n) is 7.03. The summed E-state index contributed by atoms with van der Waals surface area (Å²) in [5.74, 6) is 0.917. The van der Waals surface area contributed by atoms with Crippen molar-refractivity contribution >= 4 is 11.6 Å². The third kappa shape index (κ3) is 2.89. The van der Waals surface area contributed by atoms with E-state index in [0.717, 1.165) is 29.5 Å². The molecule has 1 saturated carbocycles. The average molecular weight is 270 g/mol. The number of rotatable bonds is 6. The van der Waals surface area contributed by atoms with Gasteiger partial charge in [0.2, 0.25) is 0 Å². The molecule has 0 saturated heterocycles. The molecule has 102 valence electrons. The number of aromatic nitrogens is 2. The van der Waals surface area contributed by atoms with Crippen LogP contribution in [0.3, 0.4) is 0 Å². The monoisotopic (exact) mass is 269 g/mol. The van der Waals surface area contributed by atoms with E-state index in [2.05, 4.69) is 17.3 Å². The molecule has 1 N–H and O–H groups in total. The van der Waals surface area contributed by atoms with Crippen LogP contribution in [0.15, 0.2) is 0 Å². The smallest absolute Gasteiger partial charge is 0.0850 e. The molecular weight excluding hydrogens is 246 g/mol. The fourth-order valence-electron chi connectivity index (χ4n) is 2.71. The minimum absolute atomic E-state index is 0.521. The summed E-state index contributed by atoms with van der Waals surface area (Å²) in [5, 5.41) is 8.79. The number of aryl methyl sites for hydroxylation is 2. The second-order valence-electron chi connectivity index (χ2n) is 5.41. The molecule has 1 fully saturated rings. The molecule has 1 aliphatic carbocycles. The van der Waals surface area contributed by atoms with Crippen molar-refractivity contribution in [3.05, 3.63) is 16.4 Å². The van der Waals surface area contributed by atoms with E-state index in [1.165, 1.54) is 31.4 Å². The van der Waals surface area contributed by atoms with Gasteiger partial charge in [0.25, 0.3) is 0 Å². The van der Waals surface area contributed by atoms with Gasteiger partial charge < -0.3 is 5.32 Å². The van der Waals surface area contributed by atoms with Gasteiger partial charge in [-0.3, -0.25) is 4.68 Å². The second kappa shape index (κ2) is 6.07. The topological polar surface area (TPSA) is 29.9 Å². The van der Waals surface area contributed by atoms with Crippen LogP contribution < -0.4 is 5.32 Å². The average Bonchev–Trinajstić information content (AvgIpc) is 2.58. The summed E-state index contributed by atoms with van der Waals surface area (Å²) in [4.78, 5) is 0. The van der Waals surface area contributed by atoms with Gasteiger partial charge in [-0.25, -0.2) is 0 Å². The number of hydrogen-bond acceptors (Lipinski definition) is 2. The fourth-order valence-corrected chi connectivity index (χ4v) is 3.08. The molecule has 0 aromatic carbocycles. The predicted molar refractivity (Wildman–Crippen MR) is 76.1 cm³/mol. The Morgan fingerprint density at radius 2 is 2.22 bits per heavy atom. The summed E-state index contributed by atoms with van der Waals surface area (Å²) in [5.41, 5.74) is 2.19. The van der Waals surface area contributed by atoms with Crippen molar-refractivity contribution in [3.63, 3.8) is 0 Å². The zero-order valence-corrected chi connectivity index (χ0v) is 12.4. The number of nitrogens with one attached hydrogen (secondary N) is 1. The van der Waals surface area contributed by atoms with Gasteiger partial charge in [-0.05, 0) is 25.8 Å². The van der Waals surface area contributed by atoms with Gasteiger partial charge in [-0.1, -0.05) is 37.8 Å². The highest BCUT2D eigenvalue weighted by atomic mass is 35.5. The lowest BCUT2D eigenvalue weighted by Crippen LogP contribution is -2.32. The number of likely N-dealkylation sites (N-methyl/N-ethyl adjacent to an activating group) is 1. The van der Waals surface area contributed by atoms with Crippen LogP contribution in [0.4, 0.5) is 0 Å². The third-order valence-electron chi connectivity index (χ3n) is 4.19. The number of hydrogen-bond donors (Lipinski definition) is 1. The normalized spacial score (nSPS) is 17.8. The Hall–Kier alpha value is -0.540. The van der Waals surface area contributed by atoms with E-state index in [4.69, 9.17) is 11.6 Å². The summed E-state index contributed by atoms with van der Waals surface area (Å²) in [6.07, 6.45) is 7.36. The Labute approximate surface area is 115 Å². The lowest BCUT2D eigenvalue weighted by molar-refractivity contribution is 0.262. The van der Waals surface area contributed by atoms with Gasteiger partial charge >= 0.3 is 0 Å². The minimum Gasteiger partial charge on any atom is -0.317 e. The molecule has 2 rings (SSSR count). The minimum atomic E-state index is 0.521. The van der Waals surface area contributed by atoms with Gasteiger partial charge in [-0.15, -0.1) is 0 Å². The zero-order valence-electron chi connectivity index (χ0n) is 11.7. The first-order valence-corrected chi connectivity index (χ1v) is 7.41. The van der Waals surface area contributed by atoms with Crippen molar-refractivity contribution in [1.82, 2.24) is 15.1 Å². The predicted octanol–water partition coefficient (Wildman–Crippen LogP) is 2.96. The lowest BCUT2D eigenvalue weighted by atomic mass is 9.80. The maximum Gasteiger partial charge on any atom is 0.0850 e. The van der Waals surface area contributed by atoms with Crippen molar-refractivity contribution in [3.8, 4) is 0 Å². The molecule has 0 bridgehead atoms. The Morgan fingerprint density at radius 3 is 2.67 bits per heavy atom. The van der Waals surface area contributed by atoms with Crippen molar-refractivity contribution in [1.29, 1.82) is 0 Å². The molecule has 1 unspecified atom stereocenters. The van der Waals surface area contributed by atoms with Crippen LogP contribution in [0.2, 0.25) is 5.02 Å². The summed E-state index contributed by atoms with van der Waals surface area (Å²) in [7, 11) is 4.05. The van der Waals surface area contributed by atoms with E-state index in [1.54, 1.807) is 0 Å². The Balaban J connectivity index is 2.03. The molecule has 3 nitrogen and oxygen atoms in total. The quantitative estimate of drug-likeness (QED) is 0.861. The van der Waals surface area contributed by atoms with E-state index in [1.807, 2.05) is 18.8 Å². The zero-order chi connectivity index (χ0) is 13.1. The van der Waals surface area contributed by atoms with E-state index in [0.29, 0.717) is 6.04 Å². The number of nitrogens with zero attached hydrogens (tertiary/aromatic N) is 2. The maximum atomic E-state index is 6.40. The van der Waals surface area contributed by atoms with Crippen LogP contribution in [0.5, 0.6) is 0 Å². The van der Waals surface area contributed by atoms with E-state index in [-0.39, 0.29) is 0 Å². The molecule has 4 heteroatoms. The Kier molecular flexibility index (Phi) is 4.68. The molecule has 1 aliphatic rings. The van der Waals surface area contributed by atoms with Crippen LogP contribution in [0, 0.1) is 5.92 Å². The molecule has 18 heavy (non-hydrogen) atoms. The highest BCUT2D eigenvalue weighted by Gasteiger charge is 2.23. The number of halogens is 1. The van der Waals surface area contributed by atoms with Gasteiger partial charge in [0, 0.05) is 19.5 Å². The lowest BCUT2D eigenvalue weighted by Gasteiger charge is -2.29. The summed E-state index contributed by atoms with van der Waals surface area (Å²) in [6, 6.07) is 0.521. The van der Waals surface area contributed by atoms with Crippen LogP contribution in [0.25, 0.3) is 0 Å². The molecule has 0 amide bonds. The molecule has 1 atom stereocenters. The molecule has 0 spiro atoms. The van der Waals surface area contributed by atoms with Crippen molar-refractivity contribution in [2.75, 3.05) is 7.05 Å². The van der Waals surface area contributed by atoms with Crippen molar-refractivity contribution in [2.45, 2.75) is 51.5 Å². The van der Waals surface area contributed by atoms with E-state index >= 15 is 0 Å². The van der Waals surface area contributed by atoms with Crippen LogP contribution >= 0.6 is 11.6 Å². The molecule has 1 heterocycles. The second-order valence-corrected chi connectivity index (χ2v) is 5.78. The standard InChI is InChI=1S/C14H24ClN3/c1-4-12-14(15)13(18(3)17-12)9-11(16-2)8-10-6-5-7-10/h10-11,16H,4-9H2,1-3H3. The molecule has 0 radical (unpaired) electrons.